The third kappa shape index (κ3) is 2.63. The lowest BCUT2D eigenvalue weighted by molar-refractivity contribution is 0.0930. The van der Waals surface area contributed by atoms with Gasteiger partial charge in [-0.15, -0.1) is 0 Å². The molecule has 0 aliphatic rings. The Morgan fingerprint density at radius 2 is 2.24 bits per heavy atom. The van der Waals surface area contributed by atoms with Crippen LogP contribution >= 0.6 is 0 Å². The summed E-state index contributed by atoms with van der Waals surface area (Å²) >= 11 is 0. The van der Waals surface area contributed by atoms with Gasteiger partial charge in [0.05, 0.1) is 12.3 Å². The zero-order chi connectivity index (χ0) is 12.3. The molecular formula is C12H13N3O2. The smallest absolute Gasteiger partial charge is 0.270 e. The van der Waals surface area contributed by atoms with Crippen LogP contribution in [0.5, 0.6) is 0 Å². The zero-order valence-corrected chi connectivity index (χ0v) is 9.38. The van der Waals surface area contributed by atoms with Crippen molar-refractivity contribution in [3.05, 3.63) is 48.0 Å². The molecule has 0 aromatic carbocycles. The highest BCUT2D eigenvalue weighted by atomic mass is 16.3. The number of nitrogens with one attached hydrogen (secondary N) is 1. The first kappa shape index (κ1) is 11.2. The molecule has 2 rings (SSSR count). The topological polar surface area (TPSA) is 81.2 Å². The summed E-state index contributed by atoms with van der Waals surface area (Å²) in [6.07, 6.45) is 1.57. The van der Waals surface area contributed by atoms with Crippen LogP contribution in [0.2, 0.25) is 0 Å². The molecule has 2 aromatic rings. The molecule has 5 heteroatoms. The number of nitrogens with zero attached hydrogens (tertiary/aromatic N) is 1. The number of amides is 1. The van der Waals surface area contributed by atoms with Crippen molar-refractivity contribution in [3.63, 3.8) is 0 Å². The molecule has 3 N–H and O–H groups in total. The Kier molecular flexibility index (Phi) is 3.09. The molecule has 0 fully saturated rings. The van der Waals surface area contributed by atoms with Gasteiger partial charge in [0, 0.05) is 0 Å². The first-order valence-electron chi connectivity index (χ1n) is 5.23. The number of rotatable bonds is 3. The Labute approximate surface area is 98.6 Å². The molecule has 0 saturated carbocycles. The van der Waals surface area contributed by atoms with Crippen LogP contribution in [0.25, 0.3) is 0 Å². The van der Waals surface area contributed by atoms with Crippen LogP contribution in [-0.2, 0) is 0 Å². The van der Waals surface area contributed by atoms with Crippen LogP contribution in [0.4, 0.5) is 5.82 Å². The maximum atomic E-state index is 11.8. The quantitative estimate of drug-likeness (QED) is 0.843. The largest absolute Gasteiger partial charge is 0.467 e. The molecule has 0 aliphatic heterocycles. The third-order valence-electron chi connectivity index (χ3n) is 2.32. The fourth-order valence-electron chi connectivity index (χ4n) is 1.46. The van der Waals surface area contributed by atoms with E-state index >= 15 is 0 Å². The number of hydrogen-bond donors (Lipinski definition) is 2. The number of nitrogen functional groups attached to an aromatic ring is 1. The van der Waals surface area contributed by atoms with Crippen molar-refractivity contribution in [2.24, 2.45) is 0 Å². The van der Waals surface area contributed by atoms with Crippen LogP contribution in [0, 0.1) is 0 Å². The highest BCUT2D eigenvalue weighted by Gasteiger charge is 2.14. The summed E-state index contributed by atoms with van der Waals surface area (Å²) in [4.78, 5) is 15.8. The van der Waals surface area contributed by atoms with E-state index in [0.29, 0.717) is 17.3 Å². The van der Waals surface area contributed by atoms with E-state index in [9.17, 15) is 4.79 Å². The average molecular weight is 231 g/mol. The van der Waals surface area contributed by atoms with E-state index in [4.69, 9.17) is 10.2 Å². The molecule has 88 valence electrons. The third-order valence-corrected chi connectivity index (χ3v) is 2.32. The van der Waals surface area contributed by atoms with E-state index in [0.717, 1.165) is 0 Å². The van der Waals surface area contributed by atoms with E-state index in [-0.39, 0.29) is 11.9 Å². The van der Waals surface area contributed by atoms with Gasteiger partial charge in [-0.25, -0.2) is 4.98 Å². The van der Waals surface area contributed by atoms with Crippen LogP contribution in [0.1, 0.15) is 29.2 Å². The number of pyridine rings is 1. The lowest BCUT2D eigenvalue weighted by Gasteiger charge is -2.10. The molecule has 1 amide bonds. The van der Waals surface area contributed by atoms with Gasteiger partial charge in [-0.3, -0.25) is 4.79 Å². The molecule has 1 unspecified atom stereocenters. The van der Waals surface area contributed by atoms with E-state index in [1.54, 1.807) is 36.6 Å². The van der Waals surface area contributed by atoms with Crippen LogP contribution < -0.4 is 11.1 Å². The zero-order valence-electron chi connectivity index (χ0n) is 9.38. The van der Waals surface area contributed by atoms with Gasteiger partial charge < -0.3 is 15.5 Å². The highest BCUT2D eigenvalue weighted by molar-refractivity contribution is 5.92. The molecule has 0 aliphatic carbocycles. The second-order valence-corrected chi connectivity index (χ2v) is 3.66. The molecule has 0 bridgehead atoms. The molecule has 0 spiro atoms. The van der Waals surface area contributed by atoms with Gasteiger partial charge >= 0.3 is 0 Å². The minimum Gasteiger partial charge on any atom is -0.467 e. The minimum absolute atomic E-state index is 0.208. The number of furan rings is 1. The Balaban J connectivity index is 2.07. The van der Waals surface area contributed by atoms with E-state index in [1.165, 1.54) is 0 Å². The Hall–Kier alpha value is -2.30. The van der Waals surface area contributed by atoms with Gasteiger partial charge in [-0.2, -0.15) is 0 Å². The predicted octanol–water partition coefficient (Wildman–Crippen LogP) is 1.75. The Morgan fingerprint density at radius 1 is 1.41 bits per heavy atom. The lowest BCUT2D eigenvalue weighted by atomic mass is 10.2. The SMILES string of the molecule is CC(NC(=O)c1cccc(N)n1)c1ccco1. The first-order valence-corrected chi connectivity index (χ1v) is 5.23. The standard InChI is InChI=1S/C12H13N3O2/c1-8(10-5-3-7-17-10)14-12(16)9-4-2-6-11(13)15-9/h2-8H,1H3,(H2,13,15)(H,14,16). The van der Waals surface area contributed by atoms with Crippen molar-refractivity contribution in [2.75, 3.05) is 5.73 Å². The number of carbonyl (C=O) groups is 1. The monoisotopic (exact) mass is 231 g/mol. The molecule has 0 radical (unpaired) electrons. The van der Waals surface area contributed by atoms with Crippen molar-refractivity contribution in [1.82, 2.24) is 10.3 Å². The summed E-state index contributed by atoms with van der Waals surface area (Å²) in [7, 11) is 0. The molecule has 17 heavy (non-hydrogen) atoms. The van der Waals surface area contributed by atoms with Gasteiger partial charge in [0.1, 0.15) is 17.3 Å². The fraction of sp³-hybridized carbons (Fsp3) is 0.167. The normalized spacial score (nSPS) is 12.1. The number of anilines is 1. The van der Waals surface area contributed by atoms with Crippen molar-refractivity contribution in [1.29, 1.82) is 0 Å². The Bertz CT molecular complexity index is 508. The molecule has 2 heterocycles. The van der Waals surface area contributed by atoms with Crippen molar-refractivity contribution < 1.29 is 9.21 Å². The first-order chi connectivity index (χ1) is 8.16. The maximum Gasteiger partial charge on any atom is 0.270 e. The number of nitrogens with two attached hydrogens (primary N) is 1. The van der Waals surface area contributed by atoms with Gasteiger partial charge in [0.2, 0.25) is 0 Å². The molecular weight excluding hydrogens is 218 g/mol. The summed E-state index contributed by atoms with van der Waals surface area (Å²) < 4.78 is 5.20. The molecule has 2 aromatic heterocycles. The van der Waals surface area contributed by atoms with Gasteiger partial charge in [0.15, 0.2) is 0 Å². The second kappa shape index (κ2) is 4.69. The van der Waals surface area contributed by atoms with Crippen molar-refractivity contribution in [2.45, 2.75) is 13.0 Å². The Morgan fingerprint density at radius 3 is 2.88 bits per heavy atom. The van der Waals surface area contributed by atoms with Crippen LogP contribution in [-0.4, -0.2) is 10.9 Å². The van der Waals surface area contributed by atoms with E-state index in [1.807, 2.05) is 6.92 Å². The average Bonchev–Trinajstić information content (AvgIpc) is 2.82. The molecule has 1 atom stereocenters. The summed E-state index contributed by atoms with van der Waals surface area (Å²) in [5.74, 6) is 0.742. The molecule has 0 saturated heterocycles. The summed E-state index contributed by atoms with van der Waals surface area (Å²) in [6.45, 7) is 1.84. The summed E-state index contributed by atoms with van der Waals surface area (Å²) in [6, 6.07) is 8.30. The lowest BCUT2D eigenvalue weighted by Crippen LogP contribution is -2.27. The molecule has 5 nitrogen and oxygen atoms in total. The van der Waals surface area contributed by atoms with Crippen molar-refractivity contribution >= 4 is 11.7 Å². The highest BCUT2D eigenvalue weighted by Crippen LogP contribution is 2.13. The van der Waals surface area contributed by atoms with Gasteiger partial charge in [-0.1, -0.05) is 6.07 Å². The number of carbonyl (C=O) groups excluding carboxylic acids is 1. The number of aromatic nitrogens is 1. The maximum absolute atomic E-state index is 11.8. The van der Waals surface area contributed by atoms with Gasteiger partial charge in [-0.05, 0) is 31.2 Å². The minimum atomic E-state index is -0.277. The van der Waals surface area contributed by atoms with E-state index in [2.05, 4.69) is 10.3 Å². The summed E-state index contributed by atoms with van der Waals surface area (Å²) in [5.41, 5.74) is 5.81. The van der Waals surface area contributed by atoms with E-state index < -0.39 is 0 Å². The van der Waals surface area contributed by atoms with Crippen molar-refractivity contribution in [3.8, 4) is 0 Å². The predicted molar refractivity (Wildman–Crippen MR) is 63.2 cm³/mol. The summed E-state index contributed by atoms with van der Waals surface area (Å²) in [5, 5.41) is 2.78. The van der Waals surface area contributed by atoms with Gasteiger partial charge in [0.25, 0.3) is 5.91 Å². The fourth-order valence-corrected chi connectivity index (χ4v) is 1.46. The van der Waals surface area contributed by atoms with Crippen LogP contribution in [0.15, 0.2) is 41.0 Å². The number of hydrogen-bond acceptors (Lipinski definition) is 4. The van der Waals surface area contributed by atoms with Crippen LogP contribution in [0.3, 0.4) is 0 Å². The second-order valence-electron chi connectivity index (χ2n) is 3.66.